The van der Waals surface area contributed by atoms with Crippen molar-refractivity contribution >= 4 is 0 Å². The SMILES string of the molecule is CC(C)CCC(C)C1CCC(C2CCC(F)CC2)C(F)C1F. The summed E-state index contributed by atoms with van der Waals surface area (Å²) >= 11 is 0. The smallest absolute Gasteiger partial charge is 0.134 e. The van der Waals surface area contributed by atoms with Crippen LogP contribution in [-0.2, 0) is 0 Å². The molecule has 0 N–H and O–H groups in total. The zero-order chi connectivity index (χ0) is 16.3. The van der Waals surface area contributed by atoms with Crippen LogP contribution in [0.4, 0.5) is 13.2 Å². The van der Waals surface area contributed by atoms with Gasteiger partial charge in [0.1, 0.15) is 18.5 Å². The van der Waals surface area contributed by atoms with Crippen LogP contribution in [0.2, 0.25) is 0 Å². The van der Waals surface area contributed by atoms with Gasteiger partial charge in [0.2, 0.25) is 0 Å². The first-order chi connectivity index (χ1) is 10.4. The molecule has 2 rings (SSSR count). The second-order valence-corrected chi connectivity index (χ2v) is 8.25. The fourth-order valence-electron chi connectivity index (χ4n) is 4.59. The zero-order valence-corrected chi connectivity index (χ0v) is 14.4. The summed E-state index contributed by atoms with van der Waals surface area (Å²) in [5.74, 6) is 0.790. The molecule has 2 aliphatic rings. The van der Waals surface area contributed by atoms with Gasteiger partial charge < -0.3 is 0 Å². The Morgan fingerprint density at radius 3 is 2.00 bits per heavy atom. The molecule has 0 aromatic heterocycles. The molecule has 5 atom stereocenters. The highest BCUT2D eigenvalue weighted by Crippen LogP contribution is 2.45. The lowest BCUT2D eigenvalue weighted by atomic mass is 9.66. The van der Waals surface area contributed by atoms with Crippen LogP contribution in [0.15, 0.2) is 0 Å². The van der Waals surface area contributed by atoms with Crippen molar-refractivity contribution in [2.45, 2.75) is 90.7 Å². The van der Waals surface area contributed by atoms with E-state index < -0.39 is 18.5 Å². The highest BCUT2D eigenvalue weighted by molar-refractivity contribution is 4.93. The maximum absolute atomic E-state index is 14.7. The van der Waals surface area contributed by atoms with Crippen LogP contribution in [0, 0.1) is 29.6 Å². The fraction of sp³-hybridized carbons (Fsp3) is 1.00. The Hall–Kier alpha value is -0.210. The van der Waals surface area contributed by atoms with Crippen LogP contribution >= 0.6 is 0 Å². The van der Waals surface area contributed by atoms with Gasteiger partial charge in [0.25, 0.3) is 0 Å². The number of halogens is 3. The van der Waals surface area contributed by atoms with E-state index in [9.17, 15) is 13.2 Å². The molecule has 0 spiro atoms. The maximum atomic E-state index is 14.7. The summed E-state index contributed by atoms with van der Waals surface area (Å²) in [6, 6.07) is 0. The molecule has 0 radical (unpaired) electrons. The molecular weight excluding hydrogens is 285 g/mol. The Bertz CT molecular complexity index is 323. The minimum Gasteiger partial charge on any atom is -0.247 e. The molecule has 0 bridgehead atoms. The van der Waals surface area contributed by atoms with Gasteiger partial charge in [-0.1, -0.05) is 33.6 Å². The standard InChI is InChI=1S/C19H33F3/c1-12(2)4-5-13(3)16-10-11-17(19(22)18(16)21)14-6-8-15(20)9-7-14/h12-19H,4-11H2,1-3H3. The predicted molar refractivity (Wildman–Crippen MR) is 86.1 cm³/mol. The molecule has 0 aliphatic heterocycles. The summed E-state index contributed by atoms with van der Waals surface area (Å²) in [6.45, 7) is 6.44. The summed E-state index contributed by atoms with van der Waals surface area (Å²) in [5, 5.41) is 0. The van der Waals surface area contributed by atoms with Crippen molar-refractivity contribution in [3.05, 3.63) is 0 Å². The lowest BCUT2D eigenvalue weighted by molar-refractivity contribution is -0.0296. The fourth-order valence-corrected chi connectivity index (χ4v) is 4.59. The van der Waals surface area contributed by atoms with Gasteiger partial charge in [-0.05, 0) is 68.1 Å². The predicted octanol–water partition coefficient (Wildman–Crippen LogP) is 6.29. The van der Waals surface area contributed by atoms with Crippen molar-refractivity contribution in [2.24, 2.45) is 29.6 Å². The molecular formula is C19H33F3. The third kappa shape index (κ3) is 4.41. The van der Waals surface area contributed by atoms with Crippen molar-refractivity contribution in [3.63, 3.8) is 0 Å². The van der Waals surface area contributed by atoms with E-state index in [0.29, 0.717) is 18.8 Å². The van der Waals surface area contributed by atoms with E-state index in [1.54, 1.807) is 0 Å². The lowest BCUT2D eigenvalue weighted by Crippen LogP contribution is -2.44. The topological polar surface area (TPSA) is 0 Å². The third-order valence-corrected chi connectivity index (χ3v) is 6.19. The monoisotopic (exact) mass is 318 g/mol. The summed E-state index contributed by atoms with van der Waals surface area (Å²) in [6.07, 6.45) is 2.88. The molecule has 2 aliphatic carbocycles. The van der Waals surface area contributed by atoms with E-state index in [1.165, 1.54) is 0 Å². The van der Waals surface area contributed by atoms with Crippen LogP contribution in [0.25, 0.3) is 0 Å². The lowest BCUT2D eigenvalue weighted by Gasteiger charge is -2.42. The van der Waals surface area contributed by atoms with E-state index >= 15 is 0 Å². The van der Waals surface area contributed by atoms with Gasteiger partial charge in [-0.2, -0.15) is 0 Å². The molecule has 0 amide bonds. The second kappa shape index (κ2) is 8.06. The van der Waals surface area contributed by atoms with Gasteiger partial charge >= 0.3 is 0 Å². The van der Waals surface area contributed by atoms with E-state index in [-0.39, 0.29) is 23.7 Å². The molecule has 0 saturated heterocycles. The first-order valence-electron chi connectivity index (χ1n) is 9.32. The summed E-state index contributed by atoms with van der Waals surface area (Å²) in [7, 11) is 0. The van der Waals surface area contributed by atoms with Gasteiger partial charge in [-0.3, -0.25) is 0 Å². The quantitative estimate of drug-likeness (QED) is 0.559. The third-order valence-electron chi connectivity index (χ3n) is 6.19. The first-order valence-corrected chi connectivity index (χ1v) is 9.32. The summed E-state index contributed by atoms with van der Waals surface area (Å²) < 4.78 is 42.6. The molecule has 3 heteroatoms. The largest absolute Gasteiger partial charge is 0.247 e. The second-order valence-electron chi connectivity index (χ2n) is 8.25. The molecule has 0 aromatic rings. The number of hydrogen-bond acceptors (Lipinski definition) is 0. The summed E-state index contributed by atoms with van der Waals surface area (Å²) in [4.78, 5) is 0. The van der Waals surface area contributed by atoms with Gasteiger partial charge in [-0.25, -0.2) is 13.2 Å². The molecule has 2 fully saturated rings. The van der Waals surface area contributed by atoms with Gasteiger partial charge in [0.05, 0.1) is 0 Å². The Balaban J connectivity index is 1.88. The van der Waals surface area contributed by atoms with E-state index in [4.69, 9.17) is 0 Å². The maximum Gasteiger partial charge on any atom is 0.134 e. The van der Waals surface area contributed by atoms with Gasteiger partial charge in [0, 0.05) is 0 Å². The molecule has 5 unspecified atom stereocenters. The number of alkyl halides is 3. The molecule has 0 nitrogen and oxygen atoms in total. The van der Waals surface area contributed by atoms with Crippen molar-refractivity contribution < 1.29 is 13.2 Å². The van der Waals surface area contributed by atoms with Crippen LogP contribution in [0.1, 0.15) is 72.1 Å². The van der Waals surface area contributed by atoms with Crippen molar-refractivity contribution in [1.29, 1.82) is 0 Å². The Morgan fingerprint density at radius 2 is 1.41 bits per heavy atom. The molecule has 130 valence electrons. The van der Waals surface area contributed by atoms with Crippen LogP contribution < -0.4 is 0 Å². The first kappa shape index (κ1) is 18.1. The number of hydrogen-bond donors (Lipinski definition) is 0. The molecule has 22 heavy (non-hydrogen) atoms. The zero-order valence-electron chi connectivity index (χ0n) is 14.4. The normalized spacial score (nSPS) is 41.6. The van der Waals surface area contributed by atoms with Crippen molar-refractivity contribution in [1.82, 2.24) is 0 Å². The van der Waals surface area contributed by atoms with E-state index in [1.807, 2.05) is 0 Å². The van der Waals surface area contributed by atoms with E-state index in [0.717, 1.165) is 38.5 Å². The highest BCUT2D eigenvalue weighted by Gasteiger charge is 2.45. The van der Waals surface area contributed by atoms with Crippen LogP contribution in [0.5, 0.6) is 0 Å². The Morgan fingerprint density at radius 1 is 0.773 bits per heavy atom. The minimum atomic E-state index is -1.33. The average molecular weight is 318 g/mol. The highest BCUT2D eigenvalue weighted by atomic mass is 19.2. The van der Waals surface area contributed by atoms with Crippen molar-refractivity contribution in [3.8, 4) is 0 Å². The van der Waals surface area contributed by atoms with Crippen molar-refractivity contribution in [2.75, 3.05) is 0 Å². The Kier molecular flexibility index (Phi) is 6.64. The van der Waals surface area contributed by atoms with Gasteiger partial charge in [0.15, 0.2) is 0 Å². The minimum absolute atomic E-state index is 0.123. The van der Waals surface area contributed by atoms with E-state index in [2.05, 4.69) is 20.8 Å². The molecule has 0 aromatic carbocycles. The molecule has 2 saturated carbocycles. The number of rotatable bonds is 5. The summed E-state index contributed by atoms with van der Waals surface area (Å²) in [5.41, 5.74) is 0. The average Bonchev–Trinajstić information content (AvgIpc) is 2.48. The Labute approximate surface area is 134 Å². The van der Waals surface area contributed by atoms with Gasteiger partial charge in [-0.15, -0.1) is 0 Å². The molecule has 0 heterocycles. The van der Waals surface area contributed by atoms with Crippen LogP contribution in [-0.4, -0.2) is 18.5 Å². The van der Waals surface area contributed by atoms with Crippen LogP contribution in [0.3, 0.4) is 0 Å².